The van der Waals surface area contributed by atoms with Crippen molar-refractivity contribution in [2.24, 2.45) is 20.5 Å². The molecule has 0 aliphatic heterocycles. The summed E-state index contributed by atoms with van der Waals surface area (Å²) in [5.41, 5.74) is -1.33. The first-order chi connectivity index (χ1) is 51.4. The van der Waals surface area contributed by atoms with Gasteiger partial charge in [-0.25, -0.2) is 26.8 Å². The Morgan fingerprint density at radius 2 is 0.727 bits per heavy atom. The molecule has 6 aromatic carbocycles. The summed E-state index contributed by atoms with van der Waals surface area (Å²) in [6.45, 7) is 0.556. The minimum Gasteiger partial charge on any atom is -0.395 e. The minimum atomic E-state index is -5.08. The summed E-state index contributed by atoms with van der Waals surface area (Å²) < 4.78 is 254. The van der Waals surface area contributed by atoms with Gasteiger partial charge >= 0.3 is 0 Å². The molecule has 4 aromatic heterocycles. The average molecular weight is 1680 g/mol. The largest absolute Gasteiger partial charge is 0.395 e. The molecule has 0 saturated heterocycles. The van der Waals surface area contributed by atoms with Gasteiger partial charge < -0.3 is 41.7 Å². The van der Waals surface area contributed by atoms with Crippen molar-refractivity contribution in [2.45, 2.75) is 43.2 Å². The molecule has 10 aromatic rings. The number of hydrogen-bond donors (Lipinski definition) is 14. The number of aromatic nitrogens is 8. The molecule has 52 heteroatoms. The summed E-state index contributed by atoms with van der Waals surface area (Å²) >= 11 is 0. The van der Waals surface area contributed by atoms with Gasteiger partial charge in [-0.15, -0.1) is 40.9 Å². The van der Waals surface area contributed by atoms with Crippen LogP contribution in [0.2, 0.25) is 0 Å². The summed E-state index contributed by atoms with van der Waals surface area (Å²) in [7, 11) is -37.4. The van der Waals surface area contributed by atoms with E-state index in [2.05, 4.69) is 72.1 Å². The van der Waals surface area contributed by atoms with E-state index in [1.165, 1.54) is 50.2 Å². The lowest BCUT2D eigenvalue weighted by molar-refractivity contribution is 0.310. The number of nitriles is 2. The second kappa shape index (κ2) is 32.6. The predicted molar refractivity (Wildman–Crippen MR) is 387 cm³/mol. The van der Waals surface area contributed by atoms with Crippen molar-refractivity contribution in [2.75, 3.05) is 96.9 Å². The molecule has 14 N–H and O–H groups in total. The SMILES string of the molecule is Cc1c(C#N)c(NCCO)nc(NCCS(=O)(=O)CCO)c1N=Nc1ccc(-n2nc3ccc4c(S(=O)(=O)O)cc(S(=O)(=O)O)cc4c3n2)cc1S(=O)(=O)O.Cc1c(C#N)c(NCCS(=O)(=O)CCO)nc(NCCO)c1N=Nc1ccc(-n2nc3ccc4c(S(=O)(=O)O)cc(S(=O)(=O)O)cc4c3n2)cc1S(=O)(=O)O. The van der Waals surface area contributed by atoms with Crippen molar-refractivity contribution in [1.29, 1.82) is 10.5 Å². The van der Waals surface area contributed by atoms with E-state index in [1.54, 1.807) is 0 Å². The minimum absolute atomic E-state index is 0.00648. The number of pyridine rings is 2. The van der Waals surface area contributed by atoms with E-state index in [-0.39, 0.29) is 157 Å². The summed E-state index contributed by atoms with van der Waals surface area (Å²) in [4.78, 5) is 5.22. The number of sulfone groups is 2. The number of benzene rings is 6. The Hall–Kier alpha value is -10.5. The normalized spacial score (nSPS) is 12.7. The van der Waals surface area contributed by atoms with Crippen LogP contribution >= 0.6 is 0 Å². The van der Waals surface area contributed by atoms with E-state index in [1.807, 2.05) is 12.1 Å². The van der Waals surface area contributed by atoms with Crippen molar-refractivity contribution < 1.29 is 115 Å². The van der Waals surface area contributed by atoms with Crippen LogP contribution in [0, 0.1) is 36.5 Å². The van der Waals surface area contributed by atoms with Gasteiger partial charge in [0.25, 0.3) is 60.7 Å². The maximum Gasteiger partial charge on any atom is 0.296 e. The van der Waals surface area contributed by atoms with Gasteiger partial charge in [-0.3, -0.25) is 27.3 Å². The molecule has 44 nitrogen and oxygen atoms in total. The van der Waals surface area contributed by atoms with Crippen LogP contribution in [0.3, 0.4) is 0 Å². The monoisotopic (exact) mass is 1680 g/mol. The molecule has 0 aliphatic rings. The quantitative estimate of drug-likeness (QED) is 0.0227. The Kier molecular flexibility index (Phi) is 24.8. The van der Waals surface area contributed by atoms with Gasteiger partial charge in [0.2, 0.25) is 0 Å². The Labute approximate surface area is 622 Å². The molecule has 0 unspecified atom stereocenters. The Bertz CT molecular complexity index is 6540. The first-order valence-electron chi connectivity index (χ1n) is 30.7. The maximum atomic E-state index is 12.6. The van der Waals surface area contributed by atoms with Crippen molar-refractivity contribution in [3.8, 4) is 23.5 Å². The standard InChI is InChI=1S/2C29H29N9O13S4/c1-16-21(15-30)28(32-7-10-52(41,42)11-9-40)33-29(31-6-8-39)26(16)35-34-22-4-2-17(12-25(22)55(49,50)51)38-36-23-5-3-19-20(27(23)37-38)13-18(53(43,44)45)14-24(19)54(46,47)48;1-16-21(15-30)28(31-6-8-39)33-29(32-7-10-52(41,42)11-9-40)26(16)35-34-22-4-2-17(12-25(22)55(49,50)51)38-36-23-5-3-19-20(27(23)37-38)13-18(53(43,44)45)14-24(19)54(46,47)48/h2*2-5,12-14,39-40H,6-11H2,1H3,(H2,31,32,33)(H,43,44,45)(H,46,47,48)(H,49,50,51). The Balaban J connectivity index is 0.000000253. The Morgan fingerprint density at radius 3 is 1.05 bits per heavy atom. The second-order valence-electron chi connectivity index (χ2n) is 22.9. The predicted octanol–water partition coefficient (Wildman–Crippen LogP) is 3.06. The van der Waals surface area contributed by atoms with Crippen LogP contribution in [0.5, 0.6) is 0 Å². The number of aliphatic hydroxyl groups is 4. The molecule has 584 valence electrons. The number of anilines is 4. The summed E-state index contributed by atoms with van der Waals surface area (Å²) in [6, 6.07) is 18.3. The lowest BCUT2D eigenvalue weighted by Crippen LogP contribution is -2.21. The van der Waals surface area contributed by atoms with E-state index in [4.69, 9.17) is 10.2 Å². The molecule has 0 aliphatic carbocycles. The molecule has 4 heterocycles. The summed E-state index contributed by atoms with van der Waals surface area (Å²) in [6.07, 6.45) is 0. The number of aliphatic hydroxyl groups excluding tert-OH is 4. The fourth-order valence-electron chi connectivity index (χ4n) is 10.4. The topological polar surface area (TPSA) is 708 Å². The highest BCUT2D eigenvalue weighted by atomic mass is 32.2. The molecule has 0 spiro atoms. The maximum absolute atomic E-state index is 12.6. The number of nitrogens with one attached hydrogen (secondary N) is 4. The van der Waals surface area contributed by atoms with E-state index in [0.29, 0.717) is 12.1 Å². The van der Waals surface area contributed by atoms with Gasteiger partial charge in [-0.05, 0) is 86.6 Å². The average Bonchev–Trinajstić information content (AvgIpc) is 1.45. The van der Waals surface area contributed by atoms with Gasteiger partial charge in [0.05, 0.1) is 81.7 Å². The van der Waals surface area contributed by atoms with Gasteiger partial charge in [-0.1, -0.05) is 12.1 Å². The second-order valence-corrected chi connectivity index (χ2v) is 35.9. The number of rotatable bonds is 30. The van der Waals surface area contributed by atoms with E-state index in [0.717, 1.165) is 46.0 Å². The summed E-state index contributed by atoms with van der Waals surface area (Å²) in [5.74, 6) is -1.97. The van der Waals surface area contributed by atoms with Crippen LogP contribution < -0.4 is 21.3 Å². The molecule has 0 saturated carbocycles. The highest BCUT2D eigenvalue weighted by molar-refractivity contribution is 7.91. The molecule has 0 radical (unpaired) electrons. The first kappa shape index (κ1) is 83.6. The number of azo groups is 2. The molecular weight excluding hydrogens is 1620 g/mol. The third kappa shape index (κ3) is 19.2. The molecule has 0 amide bonds. The van der Waals surface area contributed by atoms with Crippen molar-refractivity contribution in [1.82, 2.24) is 40.0 Å². The highest BCUT2D eigenvalue weighted by Crippen LogP contribution is 2.40. The van der Waals surface area contributed by atoms with Crippen LogP contribution in [0.15, 0.2) is 135 Å². The smallest absolute Gasteiger partial charge is 0.296 e. The molecule has 0 bridgehead atoms. The first-order valence-corrected chi connectivity index (χ1v) is 43.0. The third-order valence-electron chi connectivity index (χ3n) is 15.5. The zero-order chi connectivity index (χ0) is 81.0. The Morgan fingerprint density at radius 1 is 0.382 bits per heavy atom. The van der Waals surface area contributed by atoms with Crippen LogP contribution in [0.1, 0.15) is 22.3 Å². The van der Waals surface area contributed by atoms with Crippen LogP contribution in [0.4, 0.5) is 46.0 Å². The number of nitrogens with zero attached hydrogens (tertiary/aromatic N) is 14. The van der Waals surface area contributed by atoms with Gasteiger partial charge in [0.15, 0.2) is 31.3 Å². The molecule has 110 heavy (non-hydrogen) atoms. The lowest BCUT2D eigenvalue weighted by Gasteiger charge is -2.15. The third-order valence-corrected chi connectivity index (χ3v) is 24.0. The van der Waals surface area contributed by atoms with Crippen LogP contribution in [-0.2, 0) is 80.4 Å². The molecular formula is C58H58N18O26S8. The molecule has 10 rings (SSSR count). The zero-order valence-electron chi connectivity index (χ0n) is 56.1. The van der Waals surface area contributed by atoms with Gasteiger partial charge in [-0.2, -0.15) is 70.6 Å². The lowest BCUT2D eigenvalue weighted by atomic mass is 10.1. The molecule has 0 fully saturated rings. The van der Waals surface area contributed by atoms with Crippen molar-refractivity contribution in [3.63, 3.8) is 0 Å². The van der Waals surface area contributed by atoms with Crippen LogP contribution in [0.25, 0.3) is 55.0 Å². The van der Waals surface area contributed by atoms with E-state index in [9.17, 15) is 115 Å². The van der Waals surface area contributed by atoms with Gasteiger partial charge in [0.1, 0.15) is 88.2 Å². The molecule has 0 atom stereocenters. The fourth-order valence-corrected chi connectivity index (χ4v) is 16.1. The van der Waals surface area contributed by atoms with Crippen molar-refractivity contribution >= 4 is 170 Å². The van der Waals surface area contributed by atoms with Gasteiger partial charge in [0, 0.05) is 58.9 Å². The fraction of sp³-hybridized carbons (Fsp3) is 0.241. The van der Waals surface area contributed by atoms with E-state index >= 15 is 0 Å². The van der Waals surface area contributed by atoms with Crippen LogP contribution in [-0.4, -0.2) is 231 Å². The number of fused-ring (bicyclic) bond motifs is 6. The zero-order valence-corrected chi connectivity index (χ0v) is 62.6. The summed E-state index contributed by atoms with van der Waals surface area (Å²) in [5, 5.41) is 99.8. The van der Waals surface area contributed by atoms with Crippen molar-refractivity contribution in [3.05, 3.63) is 107 Å². The van der Waals surface area contributed by atoms with E-state index < -0.39 is 152 Å². The highest BCUT2D eigenvalue weighted by Gasteiger charge is 2.29. The number of hydrogen-bond acceptors (Lipinski definition) is 36.